The molecule has 12 heteroatoms. The van der Waals surface area contributed by atoms with Crippen LogP contribution in [0.1, 0.15) is 30.5 Å². The van der Waals surface area contributed by atoms with E-state index in [1.54, 1.807) is 18.2 Å². The van der Waals surface area contributed by atoms with Crippen LogP contribution in [0.2, 0.25) is 0 Å². The molecule has 6 atom stereocenters. The third kappa shape index (κ3) is 5.58. The van der Waals surface area contributed by atoms with Gasteiger partial charge in [-0.05, 0) is 54.0 Å². The third-order valence-electron chi connectivity index (χ3n) is 6.97. The highest BCUT2D eigenvalue weighted by Gasteiger charge is 2.45. The number of amides is 1. The zero-order valence-electron chi connectivity index (χ0n) is 22.0. The molecule has 0 spiro atoms. The smallest absolute Gasteiger partial charge is 0.229 e. The number of aliphatic hydroxyl groups is 4. The van der Waals surface area contributed by atoms with Crippen molar-refractivity contribution in [1.82, 2.24) is 5.32 Å². The molecule has 39 heavy (non-hydrogen) atoms. The van der Waals surface area contributed by atoms with Crippen molar-refractivity contribution in [2.45, 2.75) is 61.4 Å². The summed E-state index contributed by atoms with van der Waals surface area (Å²) >= 11 is 1.32. The average Bonchev–Trinajstić information content (AvgIpc) is 3.16. The number of aliphatic hydroxyl groups excluding tert-OH is 4. The molecule has 1 fully saturated rings. The van der Waals surface area contributed by atoms with Crippen molar-refractivity contribution in [3.05, 3.63) is 45.6 Å². The Hall–Kier alpha value is -2.87. The fourth-order valence-electron chi connectivity index (χ4n) is 5.09. The first-order valence-electron chi connectivity index (χ1n) is 12.4. The van der Waals surface area contributed by atoms with E-state index in [4.69, 9.17) is 18.9 Å². The van der Waals surface area contributed by atoms with Crippen LogP contribution in [0.4, 0.5) is 0 Å². The lowest BCUT2D eigenvalue weighted by Gasteiger charge is -2.39. The van der Waals surface area contributed by atoms with E-state index in [-0.39, 0.29) is 22.8 Å². The van der Waals surface area contributed by atoms with E-state index in [1.807, 2.05) is 12.3 Å². The molecule has 1 amide bonds. The third-order valence-corrected chi connectivity index (χ3v) is 7.75. The van der Waals surface area contributed by atoms with Gasteiger partial charge < -0.3 is 44.7 Å². The van der Waals surface area contributed by atoms with E-state index in [2.05, 4.69) is 5.32 Å². The van der Waals surface area contributed by atoms with Gasteiger partial charge in [-0.25, -0.2) is 0 Å². The first-order valence-corrected chi connectivity index (χ1v) is 13.6. The molecule has 0 radical (unpaired) electrons. The molecule has 1 aliphatic heterocycles. The highest BCUT2D eigenvalue weighted by atomic mass is 32.2. The van der Waals surface area contributed by atoms with E-state index in [9.17, 15) is 30.0 Å². The first-order chi connectivity index (χ1) is 18.6. The van der Waals surface area contributed by atoms with Gasteiger partial charge in [0.2, 0.25) is 17.9 Å². The van der Waals surface area contributed by atoms with Crippen LogP contribution in [-0.4, -0.2) is 84.1 Å². The molecule has 11 nitrogen and oxygen atoms in total. The Morgan fingerprint density at radius 3 is 2.44 bits per heavy atom. The maximum absolute atomic E-state index is 13.0. The molecule has 0 bridgehead atoms. The van der Waals surface area contributed by atoms with Gasteiger partial charge >= 0.3 is 0 Å². The molecule has 212 valence electrons. The molecule has 2 aliphatic rings. The van der Waals surface area contributed by atoms with E-state index < -0.39 is 43.4 Å². The predicted molar refractivity (Wildman–Crippen MR) is 142 cm³/mol. The molecule has 1 aliphatic carbocycles. The van der Waals surface area contributed by atoms with Crippen LogP contribution in [0.5, 0.6) is 17.2 Å². The number of aryl methyl sites for hydroxylation is 1. The molecule has 1 saturated heterocycles. The number of rotatable bonds is 7. The van der Waals surface area contributed by atoms with Crippen LogP contribution in [-0.2, 0) is 16.0 Å². The lowest BCUT2D eigenvalue weighted by Crippen LogP contribution is -2.60. The maximum Gasteiger partial charge on any atom is 0.229 e. The summed E-state index contributed by atoms with van der Waals surface area (Å²) < 4.78 is 23.0. The van der Waals surface area contributed by atoms with E-state index >= 15 is 0 Å². The zero-order valence-corrected chi connectivity index (χ0v) is 22.9. The maximum atomic E-state index is 13.0. The minimum absolute atomic E-state index is 0.131. The largest absolute Gasteiger partial charge is 0.492 e. The number of thioether (sulfide) groups is 1. The number of ether oxygens (including phenoxy) is 4. The number of benzene rings is 1. The predicted octanol–water partition coefficient (Wildman–Crippen LogP) is 0.755. The monoisotopic (exact) mass is 563 g/mol. The van der Waals surface area contributed by atoms with Crippen molar-refractivity contribution >= 4 is 17.7 Å². The van der Waals surface area contributed by atoms with Gasteiger partial charge in [0.25, 0.3) is 0 Å². The van der Waals surface area contributed by atoms with E-state index in [0.717, 1.165) is 5.56 Å². The van der Waals surface area contributed by atoms with Crippen molar-refractivity contribution < 1.29 is 44.2 Å². The molecule has 0 aromatic heterocycles. The van der Waals surface area contributed by atoms with Gasteiger partial charge in [-0.15, -0.1) is 11.8 Å². The Labute approximate surface area is 229 Å². The number of carbonyl (C=O) groups is 1. The number of methoxy groups -OCH3 is 2. The number of nitrogens with one attached hydrogen (secondary N) is 1. The number of hydrogen-bond acceptors (Lipinski definition) is 11. The molecule has 5 N–H and O–H groups in total. The Bertz CT molecular complexity index is 1290. The van der Waals surface area contributed by atoms with Crippen LogP contribution in [0, 0.1) is 0 Å². The Balaban J connectivity index is 1.89. The Morgan fingerprint density at radius 1 is 1.10 bits per heavy atom. The normalized spacial score (nSPS) is 26.1. The van der Waals surface area contributed by atoms with E-state index in [1.165, 1.54) is 32.9 Å². The molecule has 3 unspecified atom stereocenters. The Kier molecular flexibility index (Phi) is 9.04. The molecular weight excluding hydrogens is 530 g/mol. The van der Waals surface area contributed by atoms with Gasteiger partial charge in [0.05, 0.1) is 31.8 Å². The van der Waals surface area contributed by atoms with Gasteiger partial charge in [0.1, 0.15) is 24.4 Å². The summed E-state index contributed by atoms with van der Waals surface area (Å²) in [5.41, 5.74) is 2.55. The summed E-state index contributed by atoms with van der Waals surface area (Å²) in [4.78, 5) is 25.6. The average molecular weight is 564 g/mol. The van der Waals surface area contributed by atoms with Crippen LogP contribution in [0.15, 0.2) is 34.0 Å². The van der Waals surface area contributed by atoms with Crippen LogP contribution in [0.3, 0.4) is 0 Å². The number of fused-ring (bicyclic) bond motifs is 3. The van der Waals surface area contributed by atoms with Gasteiger partial charge in [0.15, 0.2) is 16.9 Å². The molecule has 1 heterocycles. The van der Waals surface area contributed by atoms with Crippen molar-refractivity contribution in [1.29, 1.82) is 0 Å². The lowest BCUT2D eigenvalue weighted by atomic mass is 9.95. The van der Waals surface area contributed by atoms with E-state index in [0.29, 0.717) is 40.2 Å². The van der Waals surface area contributed by atoms with Crippen LogP contribution in [0.25, 0.3) is 11.1 Å². The van der Waals surface area contributed by atoms with Crippen molar-refractivity contribution in [2.24, 2.45) is 0 Å². The van der Waals surface area contributed by atoms with Gasteiger partial charge in [-0.3, -0.25) is 9.59 Å². The summed E-state index contributed by atoms with van der Waals surface area (Å²) in [6.45, 7) is 0.815. The standard InChI is InChI=1S/C27H33NO10S/c1-12(30)28-16-7-5-13-9-18(37-27-24(34)23(33)22(32)19(11-29)38-27)25(35-2)26(36-3)21(13)14-6-8-20(39-4)17(31)10-15(14)16/h6,8-10,16,19,22-24,27,29,32-34H,5,7,11H2,1-4H3,(H,28,30)/t16-,19?,22+,23?,24?,27+/m0/s1. The SMILES string of the molecule is COc1c(O[C@@H]2OC(CO)[C@@H](O)C(O)C2O)cc2c(c1OC)-c1ccc(SC)c(=O)cc1[C@@H](NC(C)=O)CC2. The lowest BCUT2D eigenvalue weighted by molar-refractivity contribution is -0.277. The fraction of sp³-hybridized carbons (Fsp3) is 0.481. The topological polar surface area (TPSA) is 164 Å². The second kappa shape index (κ2) is 12.1. The van der Waals surface area contributed by atoms with Crippen LogP contribution >= 0.6 is 11.8 Å². The minimum Gasteiger partial charge on any atom is -0.492 e. The number of carbonyl (C=O) groups excluding carboxylic acids is 1. The quantitative estimate of drug-likeness (QED) is 0.302. The summed E-state index contributed by atoms with van der Waals surface area (Å²) in [5.74, 6) is 0.350. The van der Waals surface area contributed by atoms with Gasteiger partial charge in [-0.2, -0.15) is 0 Å². The molecular formula is C27H33NO10S. The van der Waals surface area contributed by atoms with Gasteiger partial charge in [0, 0.05) is 12.5 Å². The summed E-state index contributed by atoms with van der Waals surface area (Å²) in [7, 11) is 2.87. The molecule has 0 saturated carbocycles. The second-order valence-corrected chi connectivity index (χ2v) is 10.2. The molecule has 2 aromatic carbocycles. The Morgan fingerprint density at radius 2 is 1.82 bits per heavy atom. The fourth-order valence-corrected chi connectivity index (χ4v) is 5.55. The van der Waals surface area contributed by atoms with Crippen molar-refractivity contribution in [2.75, 3.05) is 27.1 Å². The molecule has 2 aromatic rings. The molecule has 4 rings (SSSR count). The minimum atomic E-state index is -1.62. The summed E-state index contributed by atoms with van der Waals surface area (Å²) in [5, 5.41) is 43.4. The first kappa shape index (κ1) is 29.1. The summed E-state index contributed by atoms with van der Waals surface area (Å²) in [6.07, 6.45) is -4.64. The van der Waals surface area contributed by atoms with Crippen molar-refractivity contribution in [3.63, 3.8) is 0 Å². The second-order valence-electron chi connectivity index (χ2n) is 9.36. The van der Waals surface area contributed by atoms with Crippen molar-refractivity contribution in [3.8, 4) is 28.4 Å². The highest BCUT2D eigenvalue weighted by Crippen LogP contribution is 2.50. The summed E-state index contributed by atoms with van der Waals surface area (Å²) in [6, 6.07) is 6.34. The highest BCUT2D eigenvalue weighted by molar-refractivity contribution is 7.98. The van der Waals surface area contributed by atoms with Crippen LogP contribution < -0.4 is 25.0 Å². The zero-order chi connectivity index (χ0) is 28.4. The van der Waals surface area contributed by atoms with Gasteiger partial charge in [-0.1, -0.05) is 6.07 Å². The number of hydrogen-bond donors (Lipinski definition) is 5.